The molecule has 0 aliphatic carbocycles. The molecule has 2 aromatic rings. The molecule has 1 aliphatic rings. The molecule has 6 heteroatoms. The van der Waals surface area contributed by atoms with Crippen LogP contribution < -0.4 is 15.2 Å². The third-order valence-corrected chi connectivity index (χ3v) is 4.68. The molecule has 0 fully saturated rings. The lowest BCUT2D eigenvalue weighted by Gasteiger charge is -2.37. The highest BCUT2D eigenvalue weighted by Crippen LogP contribution is 2.39. The Balaban J connectivity index is 2.04. The molecule has 0 saturated carbocycles. The van der Waals surface area contributed by atoms with E-state index in [1.807, 2.05) is 30.3 Å². The van der Waals surface area contributed by atoms with Gasteiger partial charge in [0, 0.05) is 12.1 Å². The molecule has 2 amide bonds. The first-order valence-electron chi connectivity index (χ1n) is 8.44. The van der Waals surface area contributed by atoms with E-state index in [0.29, 0.717) is 30.0 Å². The molecule has 6 nitrogen and oxygen atoms in total. The van der Waals surface area contributed by atoms with Gasteiger partial charge in [-0.15, -0.1) is 0 Å². The highest BCUT2D eigenvalue weighted by molar-refractivity contribution is 5.95. The summed E-state index contributed by atoms with van der Waals surface area (Å²) in [5.41, 5.74) is 7.97. The smallest absolute Gasteiger partial charge is 0.254 e. The van der Waals surface area contributed by atoms with Crippen LogP contribution in [-0.2, 0) is 11.2 Å². The van der Waals surface area contributed by atoms with Crippen LogP contribution in [0.3, 0.4) is 0 Å². The Hall–Kier alpha value is -3.02. The Labute approximate surface area is 152 Å². The number of fused-ring (bicyclic) bond motifs is 1. The molecule has 1 heterocycles. The maximum atomic E-state index is 13.0. The fourth-order valence-corrected chi connectivity index (χ4v) is 3.43. The van der Waals surface area contributed by atoms with E-state index >= 15 is 0 Å². The predicted molar refractivity (Wildman–Crippen MR) is 97.3 cm³/mol. The second-order valence-electron chi connectivity index (χ2n) is 6.21. The van der Waals surface area contributed by atoms with Crippen molar-refractivity contribution >= 4 is 11.8 Å². The molecule has 0 aromatic heterocycles. The molecule has 136 valence electrons. The van der Waals surface area contributed by atoms with Crippen LogP contribution in [0, 0.1) is 0 Å². The van der Waals surface area contributed by atoms with Crippen molar-refractivity contribution in [2.45, 2.75) is 18.9 Å². The number of ether oxygens (including phenoxy) is 2. The molecule has 0 radical (unpaired) electrons. The van der Waals surface area contributed by atoms with E-state index in [1.165, 1.54) is 0 Å². The Morgan fingerprint density at radius 3 is 2.38 bits per heavy atom. The Morgan fingerprint density at radius 2 is 1.77 bits per heavy atom. The zero-order chi connectivity index (χ0) is 18.7. The van der Waals surface area contributed by atoms with Gasteiger partial charge < -0.3 is 20.1 Å². The van der Waals surface area contributed by atoms with Crippen molar-refractivity contribution in [3.8, 4) is 11.5 Å². The van der Waals surface area contributed by atoms with Gasteiger partial charge in [0.1, 0.15) is 0 Å². The van der Waals surface area contributed by atoms with E-state index < -0.39 is 11.9 Å². The Morgan fingerprint density at radius 1 is 1.12 bits per heavy atom. The summed E-state index contributed by atoms with van der Waals surface area (Å²) in [6, 6.07) is 12.4. The van der Waals surface area contributed by atoms with Gasteiger partial charge in [0.2, 0.25) is 5.91 Å². The van der Waals surface area contributed by atoms with E-state index in [1.54, 1.807) is 31.3 Å². The van der Waals surface area contributed by atoms with Crippen molar-refractivity contribution < 1.29 is 19.1 Å². The molecule has 3 rings (SSSR count). The zero-order valence-electron chi connectivity index (χ0n) is 14.9. The van der Waals surface area contributed by atoms with Crippen LogP contribution in [0.1, 0.15) is 33.9 Å². The molecule has 26 heavy (non-hydrogen) atoms. The Bertz CT molecular complexity index is 820. The topological polar surface area (TPSA) is 81.9 Å². The number of carbonyl (C=O) groups is 2. The number of primary amides is 1. The van der Waals surface area contributed by atoms with Gasteiger partial charge in [-0.25, -0.2) is 0 Å². The summed E-state index contributed by atoms with van der Waals surface area (Å²) in [4.78, 5) is 26.4. The van der Waals surface area contributed by atoms with Crippen molar-refractivity contribution in [1.29, 1.82) is 0 Å². The normalized spacial score (nSPS) is 15.9. The minimum absolute atomic E-state index is 0.0566. The maximum Gasteiger partial charge on any atom is 0.254 e. The summed E-state index contributed by atoms with van der Waals surface area (Å²) in [6.07, 6.45) is 0.727. The first-order valence-corrected chi connectivity index (χ1v) is 8.44. The van der Waals surface area contributed by atoms with Gasteiger partial charge in [-0.2, -0.15) is 0 Å². The fraction of sp³-hybridized carbons (Fsp3) is 0.300. The predicted octanol–water partition coefficient (Wildman–Crippen LogP) is 2.32. The van der Waals surface area contributed by atoms with Crippen molar-refractivity contribution in [3.05, 3.63) is 59.2 Å². The van der Waals surface area contributed by atoms with E-state index in [-0.39, 0.29) is 12.3 Å². The highest BCUT2D eigenvalue weighted by Gasteiger charge is 2.33. The molecule has 0 bridgehead atoms. The molecule has 0 spiro atoms. The van der Waals surface area contributed by atoms with E-state index in [2.05, 4.69) is 0 Å². The average Bonchev–Trinajstić information content (AvgIpc) is 2.67. The summed E-state index contributed by atoms with van der Waals surface area (Å²) in [5, 5.41) is 0. The minimum atomic E-state index is -0.455. The van der Waals surface area contributed by atoms with Crippen molar-refractivity contribution in [3.63, 3.8) is 0 Å². The fourth-order valence-electron chi connectivity index (χ4n) is 3.43. The Kier molecular flexibility index (Phi) is 5.11. The molecule has 2 aromatic carbocycles. The SMILES string of the molecule is COc1cc2c(cc1OC)C(CC(N)=O)N(C(=O)c1ccccc1)CC2. The summed E-state index contributed by atoms with van der Waals surface area (Å²) < 4.78 is 10.8. The lowest BCUT2D eigenvalue weighted by Crippen LogP contribution is -2.41. The first kappa shape index (κ1) is 17.8. The third-order valence-electron chi connectivity index (χ3n) is 4.68. The van der Waals surface area contributed by atoms with Gasteiger partial charge in [-0.3, -0.25) is 9.59 Å². The van der Waals surface area contributed by atoms with Gasteiger partial charge in [0.05, 0.1) is 26.7 Å². The first-order chi connectivity index (χ1) is 12.5. The summed E-state index contributed by atoms with van der Waals surface area (Å²) >= 11 is 0. The standard InChI is InChI=1S/C20H22N2O4/c1-25-17-10-14-8-9-22(20(24)13-6-4-3-5-7-13)16(12-19(21)23)15(14)11-18(17)26-2/h3-7,10-11,16H,8-9,12H2,1-2H3,(H2,21,23). The largest absolute Gasteiger partial charge is 0.493 e. The van der Waals surface area contributed by atoms with Crippen molar-refractivity contribution in [2.24, 2.45) is 5.73 Å². The summed E-state index contributed by atoms with van der Waals surface area (Å²) in [5.74, 6) is 0.627. The van der Waals surface area contributed by atoms with Crippen LogP contribution in [0.15, 0.2) is 42.5 Å². The van der Waals surface area contributed by atoms with E-state index in [9.17, 15) is 9.59 Å². The van der Waals surface area contributed by atoms with Crippen molar-refractivity contribution in [1.82, 2.24) is 4.90 Å². The average molecular weight is 354 g/mol. The lowest BCUT2D eigenvalue weighted by atomic mass is 9.89. The molecule has 0 saturated heterocycles. The molecule has 2 N–H and O–H groups in total. The van der Waals surface area contributed by atoms with Crippen molar-refractivity contribution in [2.75, 3.05) is 20.8 Å². The number of nitrogens with two attached hydrogens (primary N) is 1. The van der Waals surface area contributed by atoms with Crippen LogP contribution >= 0.6 is 0 Å². The number of benzene rings is 2. The number of methoxy groups -OCH3 is 2. The van der Waals surface area contributed by atoms with Crippen LogP contribution in [-0.4, -0.2) is 37.5 Å². The maximum absolute atomic E-state index is 13.0. The second-order valence-corrected chi connectivity index (χ2v) is 6.21. The summed E-state index contributed by atoms with van der Waals surface area (Å²) in [6.45, 7) is 0.508. The van der Waals surface area contributed by atoms with Gasteiger partial charge >= 0.3 is 0 Å². The minimum Gasteiger partial charge on any atom is -0.493 e. The van der Waals surface area contributed by atoms with Crippen LogP contribution in [0.25, 0.3) is 0 Å². The highest BCUT2D eigenvalue weighted by atomic mass is 16.5. The van der Waals surface area contributed by atoms with Crippen LogP contribution in [0.4, 0.5) is 0 Å². The van der Waals surface area contributed by atoms with Gasteiger partial charge in [0.15, 0.2) is 11.5 Å². The molecule has 1 atom stereocenters. The number of rotatable bonds is 5. The quantitative estimate of drug-likeness (QED) is 0.893. The number of amides is 2. The molecular weight excluding hydrogens is 332 g/mol. The third kappa shape index (κ3) is 3.35. The number of nitrogens with zero attached hydrogens (tertiary/aromatic N) is 1. The monoisotopic (exact) mass is 354 g/mol. The van der Waals surface area contributed by atoms with E-state index in [4.69, 9.17) is 15.2 Å². The van der Waals surface area contributed by atoms with Crippen LogP contribution in [0.5, 0.6) is 11.5 Å². The van der Waals surface area contributed by atoms with Crippen LogP contribution in [0.2, 0.25) is 0 Å². The molecule has 1 unspecified atom stereocenters. The second kappa shape index (κ2) is 7.47. The van der Waals surface area contributed by atoms with Gasteiger partial charge in [0.25, 0.3) is 5.91 Å². The van der Waals surface area contributed by atoms with Gasteiger partial charge in [-0.1, -0.05) is 18.2 Å². The number of carbonyl (C=O) groups excluding carboxylic acids is 2. The zero-order valence-corrected chi connectivity index (χ0v) is 14.9. The van der Waals surface area contributed by atoms with E-state index in [0.717, 1.165) is 11.1 Å². The number of hydrogen-bond acceptors (Lipinski definition) is 4. The summed E-state index contributed by atoms with van der Waals surface area (Å²) in [7, 11) is 3.14. The number of hydrogen-bond donors (Lipinski definition) is 1. The molecule has 1 aliphatic heterocycles. The molecular formula is C20H22N2O4. The lowest BCUT2D eigenvalue weighted by molar-refractivity contribution is -0.119. The van der Waals surface area contributed by atoms with Gasteiger partial charge in [-0.05, 0) is 41.8 Å².